The number of rotatable bonds is 0. The van der Waals surface area contributed by atoms with Gasteiger partial charge in [0.15, 0.2) is 0 Å². The number of hydroxylamine groups is 1. The van der Waals surface area contributed by atoms with Crippen LogP contribution in [0.15, 0.2) is 12.5 Å². The van der Waals surface area contributed by atoms with Gasteiger partial charge < -0.3 is 4.84 Å². The molecule has 0 atom stereocenters. The molecule has 1 rings (SSSR count). The molecule has 1 N–H and O–H groups in total. The smallest absolute Gasteiger partial charge is 0.239 e. The summed E-state index contributed by atoms with van der Waals surface area (Å²) >= 11 is 0. The van der Waals surface area contributed by atoms with E-state index in [4.69, 9.17) is 5.26 Å². The molecule has 0 saturated heterocycles. The van der Waals surface area contributed by atoms with Crippen LogP contribution in [0.4, 0.5) is 0 Å². The fraction of sp³-hybridized carbons (Fsp3) is 0. The maximum absolute atomic E-state index is 8.01. The Kier molecular flexibility index (Phi) is 0.755. The molecule has 1 heterocycles. The van der Waals surface area contributed by atoms with Gasteiger partial charge in [0.05, 0.1) is 6.20 Å². The highest BCUT2D eigenvalue weighted by Crippen LogP contribution is 1.89. The Balaban J connectivity index is 2.39. The average molecular weight is 97.1 g/mol. The lowest BCUT2D eigenvalue weighted by molar-refractivity contribution is -0.0544. The molecular weight excluding hydrogens is 94.1 g/mol. The number of hydrazine groups is 1. The van der Waals surface area contributed by atoms with Crippen molar-refractivity contribution in [3.05, 3.63) is 12.5 Å². The third-order valence-corrected chi connectivity index (χ3v) is 0.517. The molecule has 0 fully saturated rings. The molecule has 1 aliphatic rings. The van der Waals surface area contributed by atoms with Crippen molar-refractivity contribution >= 4 is 0 Å². The fourth-order valence-electron chi connectivity index (χ4n) is 0.272. The number of nitriles is 1. The summed E-state index contributed by atoms with van der Waals surface area (Å²) < 4.78 is 0. The van der Waals surface area contributed by atoms with Crippen molar-refractivity contribution in [2.24, 2.45) is 0 Å². The molecule has 0 spiro atoms. The molecule has 0 bridgehead atoms. The highest BCUT2D eigenvalue weighted by atomic mass is 16.7. The maximum Gasteiger partial charge on any atom is 0.239 e. The lowest BCUT2D eigenvalue weighted by atomic mass is 11.0. The highest BCUT2D eigenvalue weighted by molar-refractivity contribution is 4.78. The van der Waals surface area contributed by atoms with Gasteiger partial charge >= 0.3 is 0 Å². The second-order valence-corrected chi connectivity index (χ2v) is 0.932. The summed E-state index contributed by atoms with van der Waals surface area (Å²) in [5, 5.41) is 8.94. The van der Waals surface area contributed by atoms with Gasteiger partial charge in [-0.1, -0.05) is 0 Å². The van der Waals surface area contributed by atoms with E-state index in [0.717, 1.165) is 5.17 Å². The van der Waals surface area contributed by atoms with Crippen LogP contribution in [0.1, 0.15) is 0 Å². The van der Waals surface area contributed by atoms with E-state index in [1.807, 2.05) is 0 Å². The second kappa shape index (κ2) is 1.39. The molecule has 4 heteroatoms. The Bertz CT molecular complexity index is 117. The Morgan fingerprint density at radius 3 is 3.00 bits per heavy atom. The van der Waals surface area contributed by atoms with Gasteiger partial charge in [0, 0.05) is 0 Å². The summed E-state index contributed by atoms with van der Waals surface area (Å²) in [5.74, 6) is 0. The summed E-state index contributed by atoms with van der Waals surface area (Å²) in [4.78, 5) is 4.48. The van der Waals surface area contributed by atoms with Gasteiger partial charge in [0.25, 0.3) is 0 Å². The van der Waals surface area contributed by atoms with Gasteiger partial charge in [-0.2, -0.15) is 5.26 Å². The molecule has 0 aliphatic carbocycles. The number of hydrogen-bond acceptors (Lipinski definition) is 4. The van der Waals surface area contributed by atoms with Crippen LogP contribution in [0, 0.1) is 11.5 Å². The van der Waals surface area contributed by atoms with Crippen molar-refractivity contribution < 1.29 is 4.84 Å². The summed E-state index contributed by atoms with van der Waals surface area (Å²) in [5.41, 5.74) is 2.48. The molecule has 0 aromatic carbocycles. The van der Waals surface area contributed by atoms with Crippen LogP contribution in [0.2, 0.25) is 0 Å². The average Bonchev–Trinajstić information content (AvgIpc) is 2.14. The van der Waals surface area contributed by atoms with Crippen LogP contribution in [-0.2, 0) is 4.84 Å². The van der Waals surface area contributed by atoms with E-state index in [2.05, 4.69) is 10.3 Å². The first-order valence-corrected chi connectivity index (χ1v) is 1.71. The minimum Gasteiger partial charge on any atom is -0.356 e. The molecule has 1 aliphatic heterocycles. The lowest BCUT2D eigenvalue weighted by Crippen LogP contribution is -2.21. The molecular formula is C3H3N3O. The molecule has 36 valence electrons. The molecule has 0 amide bonds. The first kappa shape index (κ1) is 3.81. The summed E-state index contributed by atoms with van der Waals surface area (Å²) in [7, 11) is 0. The molecule has 0 unspecified atom stereocenters. The number of nitrogens with one attached hydrogen (secondary N) is 1. The fourth-order valence-corrected chi connectivity index (χ4v) is 0.272. The van der Waals surface area contributed by atoms with Gasteiger partial charge in [-0.3, -0.25) is 5.43 Å². The van der Waals surface area contributed by atoms with Crippen molar-refractivity contribution in [1.29, 1.82) is 5.26 Å². The zero-order valence-corrected chi connectivity index (χ0v) is 3.46. The van der Waals surface area contributed by atoms with E-state index in [9.17, 15) is 0 Å². The van der Waals surface area contributed by atoms with Crippen LogP contribution >= 0.6 is 0 Å². The maximum atomic E-state index is 8.01. The predicted octanol–water partition coefficient (Wildman–Crippen LogP) is -0.310. The topological polar surface area (TPSA) is 48.3 Å². The minimum absolute atomic E-state index is 0.931. The zero-order valence-electron chi connectivity index (χ0n) is 3.46. The van der Waals surface area contributed by atoms with Gasteiger partial charge in [0.1, 0.15) is 6.26 Å². The van der Waals surface area contributed by atoms with Gasteiger partial charge in [-0.25, -0.2) is 0 Å². The second-order valence-electron chi connectivity index (χ2n) is 0.932. The van der Waals surface area contributed by atoms with Crippen LogP contribution < -0.4 is 5.43 Å². The van der Waals surface area contributed by atoms with Crippen molar-refractivity contribution in [2.45, 2.75) is 0 Å². The Morgan fingerprint density at radius 2 is 2.71 bits per heavy atom. The third-order valence-electron chi connectivity index (χ3n) is 0.517. The Labute approximate surface area is 40.5 Å². The molecule has 0 saturated carbocycles. The summed E-state index contributed by atoms with van der Waals surface area (Å²) in [6, 6.07) is 0. The number of hydrogen-bond donors (Lipinski definition) is 1. The van der Waals surface area contributed by atoms with E-state index in [-0.39, 0.29) is 0 Å². The van der Waals surface area contributed by atoms with Crippen molar-refractivity contribution in [3.8, 4) is 6.19 Å². The van der Waals surface area contributed by atoms with E-state index < -0.39 is 0 Å². The van der Waals surface area contributed by atoms with E-state index in [0.29, 0.717) is 0 Å². The van der Waals surface area contributed by atoms with Crippen LogP contribution in [0.5, 0.6) is 0 Å². The minimum atomic E-state index is 0.931. The van der Waals surface area contributed by atoms with E-state index >= 15 is 0 Å². The first-order valence-electron chi connectivity index (χ1n) is 1.71. The first-order chi connectivity index (χ1) is 3.43. The quantitative estimate of drug-likeness (QED) is 0.421. The van der Waals surface area contributed by atoms with E-state index in [1.54, 1.807) is 6.19 Å². The predicted molar refractivity (Wildman–Crippen MR) is 20.8 cm³/mol. The van der Waals surface area contributed by atoms with Gasteiger partial charge in [-0.15, -0.1) is 0 Å². The zero-order chi connectivity index (χ0) is 5.11. The van der Waals surface area contributed by atoms with Crippen molar-refractivity contribution in [3.63, 3.8) is 0 Å². The molecule has 4 nitrogen and oxygen atoms in total. The largest absolute Gasteiger partial charge is 0.356 e. The molecule has 0 aromatic heterocycles. The standard InChI is InChI=1S/C3H3N3O/c4-3-6-5-1-2-7-6/h1-2,5H. The van der Waals surface area contributed by atoms with Crippen LogP contribution in [-0.4, -0.2) is 5.17 Å². The Hall–Kier alpha value is -1.37. The molecule has 7 heavy (non-hydrogen) atoms. The normalized spacial score (nSPS) is 15.0. The SMILES string of the molecule is N#CN1NC=CO1. The molecule has 0 radical (unpaired) electrons. The summed E-state index contributed by atoms with van der Waals surface area (Å²) in [6.07, 6.45) is 4.60. The van der Waals surface area contributed by atoms with Gasteiger partial charge in [0.2, 0.25) is 6.19 Å². The monoisotopic (exact) mass is 97.0 g/mol. The van der Waals surface area contributed by atoms with Crippen LogP contribution in [0.25, 0.3) is 0 Å². The summed E-state index contributed by atoms with van der Waals surface area (Å²) in [6.45, 7) is 0. The highest BCUT2D eigenvalue weighted by Gasteiger charge is 1.98. The number of nitrogens with zero attached hydrogens (tertiary/aromatic N) is 2. The van der Waals surface area contributed by atoms with E-state index in [1.165, 1.54) is 12.5 Å². The third kappa shape index (κ3) is 0.550. The lowest BCUT2D eigenvalue weighted by Gasteiger charge is -2.01. The van der Waals surface area contributed by atoms with Crippen molar-refractivity contribution in [2.75, 3.05) is 0 Å². The van der Waals surface area contributed by atoms with Gasteiger partial charge in [-0.05, 0) is 5.17 Å². The Morgan fingerprint density at radius 1 is 1.86 bits per heavy atom. The van der Waals surface area contributed by atoms with Crippen molar-refractivity contribution in [1.82, 2.24) is 10.6 Å². The van der Waals surface area contributed by atoms with Crippen LogP contribution in [0.3, 0.4) is 0 Å². The molecule has 0 aromatic rings.